The highest BCUT2D eigenvalue weighted by atomic mass is 16.6. The zero-order valence-corrected chi connectivity index (χ0v) is 16.2. The molecule has 0 rings (SSSR count). The van der Waals surface area contributed by atoms with Crippen LogP contribution in [0.15, 0.2) is 60.8 Å². The average Bonchev–Trinajstić information content (AvgIpc) is 2.65. The fourth-order valence-corrected chi connectivity index (χ4v) is 2.25. The van der Waals surface area contributed by atoms with E-state index in [1.807, 2.05) is 48.8 Å². The Balaban J connectivity index is 4.13. The third kappa shape index (κ3) is 15.7. The normalized spacial score (nSPS) is 14.9. The summed E-state index contributed by atoms with van der Waals surface area (Å²) in [5, 5.41) is 21.2. The highest BCUT2D eigenvalue weighted by Crippen LogP contribution is 2.10. The Labute approximate surface area is 163 Å². The maximum Gasteiger partial charge on any atom is 0.242 e. The van der Waals surface area contributed by atoms with Crippen molar-refractivity contribution in [2.45, 2.75) is 70.4 Å². The standard InChI is InChI=1S/C22H32NO4/c1-2-3-4-5-13-16-19-22(25)21(23(26)27)18-15-12-10-8-6-7-9-11-14-17-20-24/h3-4,6,8-9,11-13,15-16,21-22,25H,2,5,7,10,14,17-19H2,1H3/b4-3-,8-6-,11-9-,15-12-,16-13-. The van der Waals surface area contributed by atoms with Gasteiger partial charge in [-0.05, 0) is 38.5 Å². The summed E-state index contributed by atoms with van der Waals surface area (Å²) in [6.07, 6.45) is 25.1. The van der Waals surface area contributed by atoms with Crippen molar-refractivity contribution in [3.05, 3.63) is 70.9 Å². The molecule has 0 aliphatic carbocycles. The highest BCUT2D eigenvalue weighted by molar-refractivity contribution is 5.50. The van der Waals surface area contributed by atoms with Gasteiger partial charge in [-0.15, -0.1) is 0 Å². The Bertz CT molecular complexity index is 532. The van der Waals surface area contributed by atoms with E-state index in [-0.39, 0.29) is 12.8 Å². The van der Waals surface area contributed by atoms with E-state index in [0.29, 0.717) is 19.3 Å². The molecule has 0 fully saturated rings. The van der Waals surface area contributed by atoms with E-state index in [9.17, 15) is 20.0 Å². The van der Waals surface area contributed by atoms with Crippen molar-refractivity contribution in [1.82, 2.24) is 0 Å². The van der Waals surface area contributed by atoms with Gasteiger partial charge in [0, 0.05) is 17.8 Å². The summed E-state index contributed by atoms with van der Waals surface area (Å²) in [4.78, 5) is 20.8. The fraction of sp³-hybridized carbons (Fsp3) is 0.500. The number of rotatable bonds is 16. The van der Waals surface area contributed by atoms with Crippen molar-refractivity contribution in [2.75, 3.05) is 0 Å². The largest absolute Gasteiger partial charge is 0.386 e. The third-order valence-corrected chi connectivity index (χ3v) is 3.77. The molecular weight excluding hydrogens is 342 g/mol. The monoisotopic (exact) mass is 374 g/mol. The van der Waals surface area contributed by atoms with Gasteiger partial charge < -0.3 is 5.11 Å². The van der Waals surface area contributed by atoms with Gasteiger partial charge in [0.15, 0.2) is 6.29 Å². The van der Waals surface area contributed by atoms with Crippen LogP contribution in [0.2, 0.25) is 0 Å². The smallest absolute Gasteiger partial charge is 0.242 e. The van der Waals surface area contributed by atoms with E-state index in [1.165, 1.54) is 0 Å². The Morgan fingerprint density at radius 3 is 1.96 bits per heavy atom. The zero-order chi connectivity index (χ0) is 20.2. The minimum absolute atomic E-state index is 0.216. The van der Waals surface area contributed by atoms with Gasteiger partial charge >= 0.3 is 0 Å². The lowest BCUT2D eigenvalue weighted by molar-refractivity contribution is -0.533. The number of hydrogen-bond acceptors (Lipinski definition) is 4. The predicted octanol–water partition coefficient (Wildman–Crippen LogP) is 5.02. The first-order valence-corrected chi connectivity index (χ1v) is 9.55. The molecule has 0 bridgehead atoms. The average molecular weight is 375 g/mol. The molecule has 5 nitrogen and oxygen atoms in total. The van der Waals surface area contributed by atoms with Crippen molar-refractivity contribution in [2.24, 2.45) is 0 Å². The first-order valence-electron chi connectivity index (χ1n) is 9.55. The van der Waals surface area contributed by atoms with Gasteiger partial charge in [0.1, 0.15) is 6.10 Å². The molecule has 1 N–H and O–H groups in total. The first-order chi connectivity index (χ1) is 13.1. The summed E-state index contributed by atoms with van der Waals surface area (Å²) in [6.45, 7) is 2.06. The number of aliphatic hydroxyl groups is 1. The molecule has 1 radical (unpaired) electrons. The van der Waals surface area contributed by atoms with Crippen LogP contribution in [-0.4, -0.2) is 28.5 Å². The lowest BCUT2D eigenvalue weighted by Crippen LogP contribution is -2.32. The maximum atomic E-state index is 11.2. The van der Waals surface area contributed by atoms with Crippen LogP contribution in [0.4, 0.5) is 0 Å². The zero-order valence-electron chi connectivity index (χ0n) is 16.2. The number of nitro groups is 1. The molecule has 0 aromatic rings. The van der Waals surface area contributed by atoms with E-state index < -0.39 is 17.1 Å². The molecule has 0 heterocycles. The lowest BCUT2D eigenvalue weighted by atomic mass is 10.0. The third-order valence-electron chi connectivity index (χ3n) is 3.77. The molecule has 149 valence electrons. The minimum atomic E-state index is -0.987. The van der Waals surface area contributed by atoms with Gasteiger partial charge in [0.05, 0.1) is 0 Å². The van der Waals surface area contributed by atoms with Crippen LogP contribution in [0.1, 0.15) is 58.3 Å². The molecule has 0 aliphatic heterocycles. The van der Waals surface area contributed by atoms with Gasteiger partial charge in [-0.25, -0.2) is 0 Å². The highest BCUT2D eigenvalue weighted by Gasteiger charge is 2.27. The summed E-state index contributed by atoms with van der Waals surface area (Å²) < 4.78 is 0. The summed E-state index contributed by atoms with van der Waals surface area (Å²) in [5.74, 6) is 0. The van der Waals surface area contributed by atoms with Crippen LogP contribution in [0.5, 0.6) is 0 Å². The van der Waals surface area contributed by atoms with Gasteiger partial charge in [-0.3, -0.25) is 14.9 Å². The van der Waals surface area contributed by atoms with Crippen LogP contribution < -0.4 is 0 Å². The second-order valence-electron chi connectivity index (χ2n) is 6.05. The van der Waals surface area contributed by atoms with Crippen LogP contribution in [0.25, 0.3) is 0 Å². The maximum absolute atomic E-state index is 11.2. The van der Waals surface area contributed by atoms with Crippen molar-refractivity contribution in [3.8, 4) is 0 Å². The van der Waals surface area contributed by atoms with Crippen molar-refractivity contribution >= 4 is 6.29 Å². The van der Waals surface area contributed by atoms with Crippen molar-refractivity contribution < 1.29 is 14.8 Å². The first kappa shape index (κ1) is 24.7. The van der Waals surface area contributed by atoms with E-state index in [1.54, 1.807) is 12.2 Å². The fourth-order valence-electron chi connectivity index (χ4n) is 2.25. The summed E-state index contributed by atoms with van der Waals surface area (Å²) in [6, 6.07) is -0.987. The van der Waals surface area contributed by atoms with Gasteiger partial charge in [0.25, 0.3) is 0 Å². The van der Waals surface area contributed by atoms with Crippen LogP contribution >= 0.6 is 0 Å². The number of aliphatic hydroxyl groups excluding tert-OH is 1. The van der Waals surface area contributed by atoms with Crippen molar-refractivity contribution in [3.63, 3.8) is 0 Å². The number of hydrogen-bond donors (Lipinski definition) is 1. The molecule has 0 saturated heterocycles. The Kier molecular flexibility index (Phi) is 17.0. The minimum Gasteiger partial charge on any atom is -0.386 e. The molecule has 0 aromatic heterocycles. The van der Waals surface area contributed by atoms with E-state index in [0.717, 1.165) is 19.3 Å². The van der Waals surface area contributed by atoms with E-state index in [2.05, 4.69) is 13.0 Å². The number of unbranched alkanes of at least 4 members (excludes halogenated alkanes) is 1. The van der Waals surface area contributed by atoms with Gasteiger partial charge in [-0.1, -0.05) is 67.7 Å². The van der Waals surface area contributed by atoms with Gasteiger partial charge in [0.2, 0.25) is 6.04 Å². The Morgan fingerprint density at radius 2 is 1.41 bits per heavy atom. The van der Waals surface area contributed by atoms with E-state index in [4.69, 9.17) is 0 Å². The molecule has 0 saturated carbocycles. The molecule has 0 aromatic carbocycles. The second kappa shape index (κ2) is 18.5. The SMILES string of the molecule is CC/C=C\C/C=C\CC(O)C(C/C=C\C/C=C\C/C=C\CC[C]=O)[N+](=O)[O-]. The van der Waals surface area contributed by atoms with Gasteiger partial charge in [-0.2, -0.15) is 0 Å². The molecule has 0 amide bonds. The van der Waals surface area contributed by atoms with Crippen LogP contribution in [0, 0.1) is 10.1 Å². The molecular formula is C22H32NO4. The molecule has 0 aliphatic rings. The second-order valence-corrected chi connectivity index (χ2v) is 6.05. The summed E-state index contributed by atoms with van der Waals surface area (Å²) >= 11 is 0. The quantitative estimate of drug-likeness (QED) is 0.178. The topological polar surface area (TPSA) is 80.4 Å². The molecule has 2 atom stereocenters. The molecule has 0 spiro atoms. The van der Waals surface area contributed by atoms with Crippen LogP contribution in [-0.2, 0) is 4.79 Å². The number of nitrogens with zero attached hydrogens (tertiary/aromatic N) is 1. The Hall–Kier alpha value is -2.27. The molecule has 2 unspecified atom stereocenters. The van der Waals surface area contributed by atoms with Crippen molar-refractivity contribution in [1.29, 1.82) is 0 Å². The molecule has 27 heavy (non-hydrogen) atoms. The summed E-state index contributed by atoms with van der Waals surface area (Å²) in [5.41, 5.74) is 0. The predicted molar refractivity (Wildman–Crippen MR) is 111 cm³/mol. The van der Waals surface area contributed by atoms with E-state index >= 15 is 0 Å². The van der Waals surface area contributed by atoms with Crippen LogP contribution in [0.3, 0.4) is 0 Å². The number of allylic oxidation sites excluding steroid dienone is 8. The summed E-state index contributed by atoms with van der Waals surface area (Å²) in [7, 11) is 0. The molecule has 5 heteroatoms. The number of carbonyl (C=O) groups excluding carboxylic acids is 1. The Morgan fingerprint density at radius 1 is 0.889 bits per heavy atom. The lowest BCUT2D eigenvalue weighted by Gasteiger charge is -2.12.